The van der Waals surface area contributed by atoms with Crippen LogP contribution >= 0.6 is 34.3 Å². The number of hydrogen-bond acceptors (Lipinski definition) is 5. The molecule has 1 aromatic carbocycles. The summed E-state index contributed by atoms with van der Waals surface area (Å²) in [5.41, 5.74) is 1.08. The number of anilines is 1. The number of thiazole rings is 1. The van der Waals surface area contributed by atoms with Crippen LogP contribution in [0.2, 0.25) is 4.34 Å². The second kappa shape index (κ2) is 4.88. The lowest BCUT2D eigenvalue weighted by molar-refractivity contribution is 0.603. The quantitative estimate of drug-likeness (QED) is 0.764. The minimum absolute atomic E-state index is 0.143. The first-order valence-corrected chi connectivity index (χ1v) is 8.84. The average molecular weight is 347 g/mol. The molecule has 0 aliphatic carbocycles. The number of nitrogens with one attached hydrogen (secondary N) is 2. The van der Waals surface area contributed by atoms with Crippen molar-refractivity contribution in [3.8, 4) is 0 Å². The Morgan fingerprint density at radius 1 is 1.15 bits per heavy atom. The summed E-state index contributed by atoms with van der Waals surface area (Å²) in [7, 11) is -3.65. The summed E-state index contributed by atoms with van der Waals surface area (Å²) < 4.78 is 28.0. The summed E-state index contributed by atoms with van der Waals surface area (Å²) in [6, 6.07) is 7.85. The highest BCUT2D eigenvalue weighted by Crippen LogP contribution is 2.28. The molecule has 0 bridgehead atoms. The van der Waals surface area contributed by atoms with Gasteiger partial charge in [0.15, 0.2) is 0 Å². The number of rotatable bonds is 3. The topological polar surface area (TPSA) is 79.0 Å². The number of thiophene rings is 1. The van der Waals surface area contributed by atoms with E-state index in [2.05, 4.69) is 9.71 Å². The molecule has 3 aromatic rings. The normalized spacial score (nSPS) is 11.8. The summed E-state index contributed by atoms with van der Waals surface area (Å²) in [6.07, 6.45) is 0. The maximum Gasteiger partial charge on any atom is 0.305 e. The molecule has 20 heavy (non-hydrogen) atoms. The molecule has 2 aromatic heterocycles. The minimum Gasteiger partial charge on any atom is -0.312 e. The van der Waals surface area contributed by atoms with Crippen molar-refractivity contribution in [2.24, 2.45) is 0 Å². The predicted octanol–water partition coefficient (Wildman–Crippen LogP) is 3.11. The molecule has 0 fully saturated rings. The number of halogens is 1. The summed E-state index contributed by atoms with van der Waals surface area (Å²) in [5.74, 6) is 0. The zero-order chi connectivity index (χ0) is 14.3. The number of H-pyrrole nitrogens is 1. The molecule has 2 heterocycles. The number of hydrogen-bond donors (Lipinski definition) is 2. The first kappa shape index (κ1) is 13.6. The third kappa shape index (κ3) is 2.59. The van der Waals surface area contributed by atoms with E-state index in [-0.39, 0.29) is 9.08 Å². The van der Waals surface area contributed by atoms with Crippen LogP contribution in [0.15, 0.2) is 39.3 Å². The van der Waals surface area contributed by atoms with E-state index in [1.807, 2.05) is 0 Å². The molecule has 104 valence electrons. The van der Waals surface area contributed by atoms with Gasteiger partial charge in [0.2, 0.25) is 0 Å². The van der Waals surface area contributed by atoms with Gasteiger partial charge in [-0.2, -0.15) is 0 Å². The van der Waals surface area contributed by atoms with Gasteiger partial charge < -0.3 is 4.98 Å². The molecule has 0 amide bonds. The van der Waals surface area contributed by atoms with Crippen molar-refractivity contribution < 1.29 is 8.42 Å². The third-order valence-electron chi connectivity index (χ3n) is 2.49. The van der Waals surface area contributed by atoms with Crippen molar-refractivity contribution in [2.45, 2.75) is 4.21 Å². The molecular formula is C11H7ClN2O3S3. The molecular weight excluding hydrogens is 340 g/mol. The van der Waals surface area contributed by atoms with Gasteiger partial charge >= 0.3 is 4.87 Å². The lowest BCUT2D eigenvalue weighted by atomic mass is 10.3. The van der Waals surface area contributed by atoms with E-state index in [0.29, 0.717) is 20.2 Å². The second-order valence-electron chi connectivity index (χ2n) is 3.89. The summed E-state index contributed by atoms with van der Waals surface area (Å²) in [6.45, 7) is 0. The Labute approximate surface area is 126 Å². The minimum atomic E-state index is -3.65. The third-order valence-corrected chi connectivity index (χ3v) is 6.44. The van der Waals surface area contributed by atoms with Crippen molar-refractivity contribution >= 4 is 60.2 Å². The van der Waals surface area contributed by atoms with Crippen LogP contribution in [0.1, 0.15) is 0 Å². The average Bonchev–Trinajstić information content (AvgIpc) is 2.93. The molecule has 0 spiro atoms. The molecule has 0 saturated heterocycles. The fourth-order valence-electron chi connectivity index (χ4n) is 1.66. The Balaban J connectivity index is 1.98. The van der Waals surface area contributed by atoms with Gasteiger partial charge in [-0.3, -0.25) is 9.52 Å². The van der Waals surface area contributed by atoms with Gasteiger partial charge in [0.1, 0.15) is 4.21 Å². The first-order valence-electron chi connectivity index (χ1n) is 5.35. The molecule has 0 aliphatic heterocycles. The van der Waals surface area contributed by atoms with E-state index >= 15 is 0 Å². The van der Waals surface area contributed by atoms with Crippen molar-refractivity contribution in [3.63, 3.8) is 0 Å². The van der Waals surface area contributed by atoms with Gasteiger partial charge in [-0.05, 0) is 30.3 Å². The predicted molar refractivity (Wildman–Crippen MR) is 82.6 cm³/mol. The Bertz CT molecular complexity index is 939. The SMILES string of the molecule is O=c1[nH]c2ccc(NS(=O)(=O)c3ccc(Cl)s3)cc2s1. The van der Waals surface area contributed by atoms with Crippen LogP contribution in [0.3, 0.4) is 0 Å². The fourth-order valence-corrected chi connectivity index (χ4v) is 4.96. The highest BCUT2D eigenvalue weighted by Gasteiger charge is 2.17. The maximum absolute atomic E-state index is 12.1. The molecule has 5 nitrogen and oxygen atoms in total. The zero-order valence-corrected chi connectivity index (χ0v) is 12.9. The van der Waals surface area contributed by atoms with Crippen molar-refractivity contribution in [1.29, 1.82) is 0 Å². The van der Waals surface area contributed by atoms with Crippen LogP contribution in [-0.2, 0) is 10.0 Å². The van der Waals surface area contributed by atoms with E-state index < -0.39 is 10.0 Å². The lowest BCUT2D eigenvalue weighted by Gasteiger charge is -2.05. The molecule has 0 saturated carbocycles. The molecule has 0 aliphatic rings. The highest BCUT2D eigenvalue weighted by molar-refractivity contribution is 7.94. The number of benzene rings is 1. The van der Waals surface area contributed by atoms with Crippen LogP contribution in [0.5, 0.6) is 0 Å². The fraction of sp³-hybridized carbons (Fsp3) is 0. The van der Waals surface area contributed by atoms with Gasteiger partial charge in [-0.1, -0.05) is 22.9 Å². The second-order valence-corrected chi connectivity index (χ2v) is 8.53. The Morgan fingerprint density at radius 3 is 2.65 bits per heavy atom. The number of fused-ring (bicyclic) bond motifs is 1. The van der Waals surface area contributed by atoms with Gasteiger partial charge in [0.25, 0.3) is 10.0 Å². The molecule has 0 unspecified atom stereocenters. The van der Waals surface area contributed by atoms with E-state index in [4.69, 9.17) is 11.6 Å². The van der Waals surface area contributed by atoms with E-state index in [1.54, 1.807) is 18.2 Å². The van der Waals surface area contributed by atoms with Crippen molar-refractivity contribution in [2.75, 3.05) is 4.72 Å². The Kier molecular flexibility index (Phi) is 3.33. The first-order chi connectivity index (χ1) is 9.44. The Hall–Kier alpha value is -1.35. The maximum atomic E-state index is 12.1. The van der Waals surface area contributed by atoms with Crippen LogP contribution in [0, 0.1) is 0 Å². The van der Waals surface area contributed by atoms with Crippen molar-refractivity contribution in [3.05, 3.63) is 44.3 Å². The molecule has 9 heteroatoms. The van der Waals surface area contributed by atoms with Crippen LogP contribution < -0.4 is 9.60 Å². The smallest absolute Gasteiger partial charge is 0.305 e. The molecule has 2 N–H and O–H groups in total. The summed E-state index contributed by atoms with van der Waals surface area (Å²) in [4.78, 5) is 13.7. The molecule has 3 rings (SSSR count). The number of sulfonamides is 1. The van der Waals surface area contributed by atoms with Crippen LogP contribution in [0.4, 0.5) is 5.69 Å². The van der Waals surface area contributed by atoms with Gasteiger partial charge in [0.05, 0.1) is 20.2 Å². The van der Waals surface area contributed by atoms with E-state index in [9.17, 15) is 13.2 Å². The van der Waals surface area contributed by atoms with Gasteiger partial charge in [-0.15, -0.1) is 11.3 Å². The lowest BCUT2D eigenvalue weighted by Crippen LogP contribution is -2.11. The van der Waals surface area contributed by atoms with Crippen LogP contribution in [-0.4, -0.2) is 13.4 Å². The Morgan fingerprint density at radius 2 is 1.95 bits per heavy atom. The number of aromatic amines is 1. The molecule has 0 radical (unpaired) electrons. The molecule has 0 atom stereocenters. The van der Waals surface area contributed by atoms with Crippen molar-refractivity contribution in [1.82, 2.24) is 4.98 Å². The monoisotopic (exact) mass is 346 g/mol. The van der Waals surface area contributed by atoms with Gasteiger partial charge in [0, 0.05) is 0 Å². The van der Waals surface area contributed by atoms with Crippen LogP contribution in [0.25, 0.3) is 10.2 Å². The standard InChI is InChI=1S/C11H7ClN2O3S3/c12-9-3-4-10(19-9)20(16,17)14-6-1-2-7-8(5-6)18-11(15)13-7/h1-5,14H,(H,13,15). The summed E-state index contributed by atoms with van der Waals surface area (Å²) >= 11 is 7.75. The number of aromatic nitrogens is 1. The largest absolute Gasteiger partial charge is 0.312 e. The zero-order valence-electron chi connectivity index (χ0n) is 9.71. The van der Waals surface area contributed by atoms with E-state index in [0.717, 1.165) is 22.7 Å². The highest BCUT2D eigenvalue weighted by atomic mass is 35.5. The van der Waals surface area contributed by atoms with E-state index in [1.165, 1.54) is 12.1 Å². The van der Waals surface area contributed by atoms with Gasteiger partial charge in [-0.25, -0.2) is 8.42 Å². The summed E-state index contributed by atoms with van der Waals surface area (Å²) in [5, 5.41) is 0.